The lowest BCUT2D eigenvalue weighted by molar-refractivity contribution is 0.306. The van der Waals surface area contributed by atoms with E-state index in [1.165, 1.54) is 0 Å². The van der Waals surface area contributed by atoms with Gasteiger partial charge >= 0.3 is 0 Å². The van der Waals surface area contributed by atoms with E-state index in [0.717, 1.165) is 43.8 Å². The summed E-state index contributed by atoms with van der Waals surface area (Å²) in [5.41, 5.74) is 18.8. The average Bonchev–Trinajstić information content (AvgIpc) is 3.19. The van der Waals surface area contributed by atoms with Crippen LogP contribution in [-0.2, 0) is 13.2 Å². The van der Waals surface area contributed by atoms with Crippen molar-refractivity contribution in [2.75, 3.05) is 5.73 Å². The molecule has 0 saturated heterocycles. The van der Waals surface area contributed by atoms with Crippen LogP contribution >= 0.6 is 48.6 Å². The number of nitrogens with two attached hydrogens (primary N) is 2. The summed E-state index contributed by atoms with van der Waals surface area (Å²) in [5, 5.41) is 1.11. The molecule has 2 aromatic heterocycles. The lowest BCUT2D eigenvalue weighted by Gasteiger charge is -2.12. The Morgan fingerprint density at radius 1 is 1.00 bits per heavy atom. The molecule has 30 heavy (non-hydrogen) atoms. The first kappa shape index (κ1) is 25.9. The van der Waals surface area contributed by atoms with E-state index in [1.807, 2.05) is 31.3 Å². The molecule has 4 aromatic rings. The Morgan fingerprint density at radius 3 is 2.43 bits per heavy atom. The maximum absolute atomic E-state index is 5.96. The first-order chi connectivity index (χ1) is 13.1. The molecule has 2 aromatic carbocycles. The molecule has 0 unspecified atom stereocenters. The van der Waals surface area contributed by atoms with Gasteiger partial charge in [0.05, 0.1) is 15.9 Å². The fourth-order valence-corrected chi connectivity index (χ4v) is 3.64. The van der Waals surface area contributed by atoms with Crippen molar-refractivity contribution in [1.29, 1.82) is 0 Å². The van der Waals surface area contributed by atoms with Crippen LogP contribution in [0.2, 0.25) is 0 Å². The molecule has 0 atom stereocenters. The number of thiazole rings is 1. The van der Waals surface area contributed by atoms with Crippen molar-refractivity contribution < 1.29 is 4.74 Å². The molecule has 0 fully saturated rings. The van der Waals surface area contributed by atoms with E-state index in [-0.39, 0.29) is 37.2 Å². The summed E-state index contributed by atoms with van der Waals surface area (Å²) in [6, 6.07) is 14.2. The van der Waals surface area contributed by atoms with Crippen molar-refractivity contribution in [2.24, 2.45) is 5.73 Å². The SMILES string of the molecule is Cc1cc(N)nc2cc(-c3ccc(OCc4cncs4)c(CN)c3)ccc12.Cl.Cl.Cl. The zero-order chi connectivity index (χ0) is 18.8. The van der Waals surface area contributed by atoms with Gasteiger partial charge in [0.25, 0.3) is 0 Å². The summed E-state index contributed by atoms with van der Waals surface area (Å²) in [7, 11) is 0. The molecule has 0 spiro atoms. The molecule has 0 amide bonds. The van der Waals surface area contributed by atoms with E-state index in [9.17, 15) is 0 Å². The van der Waals surface area contributed by atoms with Gasteiger partial charge in [-0.15, -0.1) is 48.6 Å². The summed E-state index contributed by atoms with van der Waals surface area (Å²) in [6.07, 6.45) is 1.82. The third-order valence-electron chi connectivity index (χ3n) is 4.50. The summed E-state index contributed by atoms with van der Waals surface area (Å²) in [5.74, 6) is 1.33. The van der Waals surface area contributed by atoms with Crippen molar-refractivity contribution in [3.05, 3.63) is 70.2 Å². The average molecular weight is 486 g/mol. The van der Waals surface area contributed by atoms with Crippen molar-refractivity contribution in [3.8, 4) is 16.9 Å². The number of rotatable bonds is 5. The molecule has 0 aliphatic carbocycles. The fraction of sp³-hybridized carbons (Fsp3) is 0.143. The van der Waals surface area contributed by atoms with E-state index >= 15 is 0 Å². The Hall–Kier alpha value is -2.09. The molecule has 160 valence electrons. The van der Waals surface area contributed by atoms with Gasteiger partial charge in [-0.1, -0.05) is 18.2 Å². The molecular formula is C21H23Cl3N4OS. The van der Waals surface area contributed by atoms with Crippen LogP contribution in [0.5, 0.6) is 5.75 Å². The number of hydrogen-bond acceptors (Lipinski definition) is 6. The minimum absolute atomic E-state index is 0. The Bertz CT molecular complexity index is 1110. The number of aryl methyl sites for hydroxylation is 1. The first-order valence-electron chi connectivity index (χ1n) is 8.64. The number of nitrogens with zero attached hydrogens (tertiary/aromatic N) is 2. The Balaban J connectivity index is 0.00000150. The standard InChI is InChI=1S/C21H20N4OS.3ClH/c1-13-6-21(23)25-19-8-15(2-4-18(13)19)14-3-5-20(16(7-14)9-22)26-11-17-10-24-12-27-17;;;/h2-8,10,12H,9,11,22H2,1H3,(H2,23,25);3*1H. The zero-order valence-electron chi connectivity index (χ0n) is 16.2. The lowest BCUT2D eigenvalue weighted by Crippen LogP contribution is -2.02. The van der Waals surface area contributed by atoms with E-state index in [2.05, 4.69) is 34.2 Å². The predicted molar refractivity (Wildman–Crippen MR) is 132 cm³/mol. The van der Waals surface area contributed by atoms with Gasteiger partial charge in [0.1, 0.15) is 18.2 Å². The second kappa shape index (κ2) is 11.3. The highest BCUT2D eigenvalue weighted by atomic mass is 35.5. The molecule has 0 radical (unpaired) electrons. The van der Waals surface area contributed by atoms with E-state index < -0.39 is 0 Å². The molecule has 5 nitrogen and oxygen atoms in total. The third-order valence-corrected chi connectivity index (χ3v) is 5.26. The molecule has 0 saturated carbocycles. The Kier molecular flexibility index (Phi) is 9.81. The van der Waals surface area contributed by atoms with Crippen LogP contribution in [0.3, 0.4) is 0 Å². The highest BCUT2D eigenvalue weighted by molar-refractivity contribution is 7.09. The van der Waals surface area contributed by atoms with Crippen molar-refractivity contribution in [2.45, 2.75) is 20.1 Å². The second-order valence-corrected chi connectivity index (χ2v) is 7.35. The predicted octanol–water partition coefficient (Wildman–Crippen LogP) is 5.55. The number of pyridine rings is 1. The van der Waals surface area contributed by atoms with Crippen LogP contribution in [0.4, 0.5) is 5.82 Å². The quantitative estimate of drug-likeness (QED) is 0.387. The highest BCUT2D eigenvalue weighted by Crippen LogP contribution is 2.30. The van der Waals surface area contributed by atoms with Gasteiger partial charge in [0.15, 0.2) is 0 Å². The van der Waals surface area contributed by atoms with Crippen LogP contribution in [0.25, 0.3) is 22.0 Å². The minimum Gasteiger partial charge on any atom is -0.488 e. The minimum atomic E-state index is 0. The molecule has 2 heterocycles. The van der Waals surface area contributed by atoms with E-state index in [1.54, 1.807) is 16.8 Å². The number of benzene rings is 2. The fourth-order valence-electron chi connectivity index (χ4n) is 3.13. The van der Waals surface area contributed by atoms with Crippen molar-refractivity contribution in [1.82, 2.24) is 9.97 Å². The van der Waals surface area contributed by atoms with Gasteiger partial charge in [-0.25, -0.2) is 4.98 Å². The van der Waals surface area contributed by atoms with Gasteiger partial charge in [0, 0.05) is 23.7 Å². The Morgan fingerprint density at radius 2 is 1.73 bits per heavy atom. The molecule has 0 bridgehead atoms. The largest absolute Gasteiger partial charge is 0.488 e. The van der Waals surface area contributed by atoms with Crippen LogP contribution < -0.4 is 16.2 Å². The van der Waals surface area contributed by atoms with Crippen LogP contribution in [0.15, 0.2) is 54.2 Å². The number of hydrogen-bond donors (Lipinski definition) is 2. The zero-order valence-corrected chi connectivity index (χ0v) is 19.5. The van der Waals surface area contributed by atoms with Gasteiger partial charge < -0.3 is 16.2 Å². The Labute approximate surface area is 198 Å². The lowest BCUT2D eigenvalue weighted by atomic mass is 9.99. The first-order valence-corrected chi connectivity index (χ1v) is 9.52. The number of ether oxygens (including phenoxy) is 1. The number of fused-ring (bicyclic) bond motifs is 1. The summed E-state index contributed by atoms with van der Waals surface area (Å²) in [4.78, 5) is 9.61. The van der Waals surface area contributed by atoms with E-state index in [4.69, 9.17) is 16.2 Å². The topological polar surface area (TPSA) is 87.0 Å². The number of nitrogen functional groups attached to an aromatic ring is 1. The monoisotopic (exact) mass is 484 g/mol. The molecule has 0 aliphatic rings. The normalized spacial score (nSPS) is 9.93. The highest BCUT2D eigenvalue weighted by Gasteiger charge is 2.09. The smallest absolute Gasteiger partial charge is 0.124 e. The van der Waals surface area contributed by atoms with Crippen LogP contribution in [-0.4, -0.2) is 9.97 Å². The second-order valence-electron chi connectivity index (χ2n) is 6.38. The maximum atomic E-state index is 5.96. The number of anilines is 1. The van der Waals surface area contributed by atoms with Gasteiger partial charge in [-0.3, -0.25) is 4.98 Å². The molecule has 4 rings (SSSR count). The summed E-state index contributed by atoms with van der Waals surface area (Å²) in [6.45, 7) is 2.95. The van der Waals surface area contributed by atoms with E-state index in [0.29, 0.717) is 19.0 Å². The molecular weight excluding hydrogens is 463 g/mol. The molecule has 0 aliphatic heterocycles. The third kappa shape index (κ3) is 5.53. The van der Waals surface area contributed by atoms with Crippen molar-refractivity contribution in [3.63, 3.8) is 0 Å². The summed E-state index contributed by atoms with van der Waals surface area (Å²) < 4.78 is 5.93. The maximum Gasteiger partial charge on any atom is 0.124 e. The number of aromatic nitrogens is 2. The molecule has 9 heteroatoms. The van der Waals surface area contributed by atoms with Crippen LogP contribution in [0, 0.1) is 6.92 Å². The van der Waals surface area contributed by atoms with Gasteiger partial charge in [-0.2, -0.15) is 0 Å². The summed E-state index contributed by atoms with van der Waals surface area (Å²) >= 11 is 1.57. The van der Waals surface area contributed by atoms with Gasteiger partial charge in [0.2, 0.25) is 0 Å². The van der Waals surface area contributed by atoms with Gasteiger partial charge in [-0.05, 0) is 47.9 Å². The molecule has 4 N–H and O–H groups in total. The van der Waals surface area contributed by atoms with Crippen molar-refractivity contribution >= 4 is 65.3 Å². The van der Waals surface area contributed by atoms with Crippen LogP contribution in [0.1, 0.15) is 16.0 Å². The number of halogens is 3.